The lowest BCUT2D eigenvalue weighted by Crippen LogP contribution is -2.23. The molecule has 0 amide bonds. The molecule has 1 atom stereocenters. The lowest BCUT2D eigenvalue weighted by atomic mass is 10.0. The number of aromatic nitrogens is 3. The summed E-state index contributed by atoms with van der Waals surface area (Å²) in [5.41, 5.74) is 3.51. The zero-order chi connectivity index (χ0) is 15.2. The van der Waals surface area contributed by atoms with Crippen molar-refractivity contribution in [2.24, 2.45) is 7.05 Å². The zero-order valence-corrected chi connectivity index (χ0v) is 13.6. The zero-order valence-electron chi connectivity index (χ0n) is 13.6. The Kier molecular flexibility index (Phi) is 5.51. The Bertz CT molecular complexity index is 554. The lowest BCUT2D eigenvalue weighted by molar-refractivity contribution is 0.490. The molecule has 2 aromatic rings. The molecular weight excluding hydrogens is 260 g/mol. The molecule has 4 nitrogen and oxygen atoms in total. The predicted octanol–water partition coefficient (Wildman–Crippen LogP) is 3.11. The van der Waals surface area contributed by atoms with Gasteiger partial charge in [0.05, 0.1) is 0 Å². The fourth-order valence-electron chi connectivity index (χ4n) is 2.68. The number of rotatable bonds is 7. The highest BCUT2D eigenvalue weighted by molar-refractivity contribution is 5.23. The number of aryl methyl sites for hydroxylation is 4. The molecule has 0 aliphatic heterocycles. The van der Waals surface area contributed by atoms with Crippen molar-refractivity contribution < 1.29 is 0 Å². The van der Waals surface area contributed by atoms with E-state index in [1.54, 1.807) is 0 Å². The molecule has 0 spiro atoms. The van der Waals surface area contributed by atoms with Crippen molar-refractivity contribution in [3.05, 3.63) is 47.3 Å². The molecule has 0 aliphatic carbocycles. The predicted molar refractivity (Wildman–Crippen MR) is 86.3 cm³/mol. The molecule has 21 heavy (non-hydrogen) atoms. The molecule has 0 saturated heterocycles. The standard InChI is InChI=1S/C17H26N4/c1-5-8-18-16(6-7-17-19-9-10-21(17)4)15-11-13(2)20-14(3)12-15/h9-12,16,18H,5-8H2,1-4H3. The maximum atomic E-state index is 4.48. The number of pyridine rings is 1. The summed E-state index contributed by atoms with van der Waals surface area (Å²) in [6.45, 7) is 7.36. The van der Waals surface area contributed by atoms with Gasteiger partial charge in [-0.05, 0) is 50.9 Å². The van der Waals surface area contributed by atoms with Crippen molar-refractivity contribution in [2.45, 2.75) is 46.1 Å². The Hall–Kier alpha value is -1.68. The van der Waals surface area contributed by atoms with Gasteiger partial charge in [-0.3, -0.25) is 4.98 Å². The molecule has 2 heterocycles. The fraction of sp³-hybridized carbons (Fsp3) is 0.529. The first-order chi connectivity index (χ1) is 10.1. The van der Waals surface area contributed by atoms with Crippen LogP contribution in [0.25, 0.3) is 0 Å². The van der Waals surface area contributed by atoms with Gasteiger partial charge in [0.15, 0.2) is 0 Å². The molecule has 0 fully saturated rings. The van der Waals surface area contributed by atoms with Crippen LogP contribution in [0.2, 0.25) is 0 Å². The van der Waals surface area contributed by atoms with E-state index < -0.39 is 0 Å². The van der Waals surface area contributed by atoms with Gasteiger partial charge in [-0.25, -0.2) is 4.98 Å². The van der Waals surface area contributed by atoms with E-state index in [2.05, 4.69) is 59.8 Å². The van der Waals surface area contributed by atoms with Crippen LogP contribution in [-0.2, 0) is 13.5 Å². The van der Waals surface area contributed by atoms with Crippen LogP contribution < -0.4 is 5.32 Å². The highest BCUT2D eigenvalue weighted by Gasteiger charge is 2.13. The normalized spacial score (nSPS) is 12.6. The monoisotopic (exact) mass is 286 g/mol. The molecule has 0 aromatic carbocycles. The van der Waals surface area contributed by atoms with Crippen molar-refractivity contribution in [2.75, 3.05) is 6.54 Å². The van der Waals surface area contributed by atoms with Crippen LogP contribution in [-0.4, -0.2) is 21.1 Å². The third kappa shape index (κ3) is 4.39. The van der Waals surface area contributed by atoms with Crippen LogP contribution in [0, 0.1) is 13.8 Å². The lowest BCUT2D eigenvalue weighted by Gasteiger charge is -2.20. The summed E-state index contributed by atoms with van der Waals surface area (Å²) in [7, 11) is 2.05. The molecular formula is C17H26N4. The molecule has 114 valence electrons. The van der Waals surface area contributed by atoms with Crippen LogP contribution in [0.5, 0.6) is 0 Å². The van der Waals surface area contributed by atoms with E-state index >= 15 is 0 Å². The number of nitrogens with one attached hydrogen (secondary N) is 1. The van der Waals surface area contributed by atoms with Crippen LogP contribution in [0.1, 0.15) is 48.6 Å². The van der Waals surface area contributed by atoms with Crippen molar-refractivity contribution in [3.63, 3.8) is 0 Å². The maximum absolute atomic E-state index is 4.48. The fourth-order valence-corrected chi connectivity index (χ4v) is 2.68. The Labute approximate surface area is 127 Å². The molecule has 0 saturated carbocycles. The maximum Gasteiger partial charge on any atom is 0.108 e. The highest BCUT2D eigenvalue weighted by Crippen LogP contribution is 2.20. The molecule has 0 bridgehead atoms. The second kappa shape index (κ2) is 7.36. The van der Waals surface area contributed by atoms with Crippen molar-refractivity contribution >= 4 is 0 Å². The number of imidazole rings is 1. The minimum absolute atomic E-state index is 0.363. The molecule has 0 radical (unpaired) electrons. The van der Waals surface area contributed by atoms with E-state index in [1.807, 2.05) is 12.4 Å². The second-order valence-electron chi connectivity index (χ2n) is 5.68. The first-order valence-corrected chi connectivity index (χ1v) is 7.75. The largest absolute Gasteiger partial charge is 0.338 e. The van der Waals surface area contributed by atoms with Gasteiger partial charge >= 0.3 is 0 Å². The van der Waals surface area contributed by atoms with E-state index in [1.165, 1.54) is 5.56 Å². The SMILES string of the molecule is CCCNC(CCc1nccn1C)c1cc(C)nc(C)c1. The smallest absolute Gasteiger partial charge is 0.108 e. The Morgan fingerprint density at radius 1 is 1.24 bits per heavy atom. The van der Waals surface area contributed by atoms with Gasteiger partial charge in [-0.1, -0.05) is 6.92 Å². The molecule has 4 heteroatoms. The first kappa shape index (κ1) is 15.7. The summed E-state index contributed by atoms with van der Waals surface area (Å²) in [4.78, 5) is 8.90. The summed E-state index contributed by atoms with van der Waals surface area (Å²) < 4.78 is 2.10. The Balaban J connectivity index is 2.11. The van der Waals surface area contributed by atoms with E-state index in [0.29, 0.717) is 6.04 Å². The van der Waals surface area contributed by atoms with Gasteiger partial charge in [0.25, 0.3) is 0 Å². The molecule has 1 N–H and O–H groups in total. The van der Waals surface area contributed by atoms with E-state index in [9.17, 15) is 0 Å². The molecule has 1 unspecified atom stereocenters. The number of hydrogen-bond acceptors (Lipinski definition) is 3. The van der Waals surface area contributed by atoms with Crippen LogP contribution in [0.3, 0.4) is 0 Å². The minimum atomic E-state index is 0.363. The summed E-state index contributed by atoms with van der Waals surface area (Å²) in [6, 6.07) is 4.75. The second-order valence-corrected chi connectivity index (χ2v) is 5.68. The van der Waals surface area contributed by atoms with Gasteiger partial charge in [0.2, 0.25) is 0 Å². The van der Waals surface area contributed by atoms with Crippen LogP contribution >= 0.6 is 0 Å². The van der Waals surface area contributed by atoms with Gasteiger partial charge in [-0.2, -0.15) is 0 Å². The summed E-state index contributed by atoms with van der Waals surface area (Å²) in [6.07, 6.45) is 7.04. The average Bonchev–Trinajstić information content (AvgIpc) is 2.83. The number of nitrogens with zero attached hydrogens (tertiary/aromatic N) is 3. The van der Waals surface area contributed by atoms with E-state index in [4.69, 9.17) is 0 Å². The van der Waals surface area contributed by atoms with Crippen LogP contribution in [0.15, 0.2) is 24.5 Å². The van der Waals surface area contributed by atoms with Gasteiger partial charge in [0, 0.05) is 43.3 Å². The Morgan fingerprint density at radius 2 is 1.95 bits per heavy atom. The summed E-state index contributed by atoms with van der Waals surface area (Å²) in [5.74, 6) is 1.14. The molecule has 2 aromatic heterocycles. The summed E-state index contributed by atoms with van der Waals surface area (Å²) >= 11 is 0. The van der Waals surface area contributed by atoms with Gasteiger partial charge in [-0.15, -0.1) is 0 Å². The third-order valence-corrected chi connectivity index (χ3v) is 3.72. The quantitative estimate of drug-likeness (QED) is 0.850. The van der Waals surface area contributed by atoms with Crippen molar-refractivity contribution in [1.82, 2.24) is 19.9 Å². The topological polar surface area (TPSA) is 42.7 Å². The first-order valence-electron chi connectivity index (χ1n) is 7.75. The van der Waals surface area contributed by atoms with E-state index in [-0.39, 0.29) is 0 Å². The highest BCUT2D eigenvalue weighted by atomic mass is 15.0. The molecule has 2 rings (SSSR count). The third-order valence-electron chi connectivity index (χ3n) is 3.72. The van der Waals surface area contributed by atoms with Crippen LogP contribution in [0.4, 0.5) is 0 Å². The number of hydrogen-bond donors (Lipinski definition) is 1. The van der Waals surface area contributed by atoms with Crippen molar-refractivity contribution in [3.8, 4) is 0 Å². The Morgan fingerprint density at radius 3 is 2.52 bits per heavy atom. The van der Waals surface area contributed by atoms with Gasteiger partial charge < -0.3 is 9.88 Å². The van der Waals surface area contributed by atoms with E-state index in [0.717, 1.165) is 43.0 Å². The average molecular weight is 286 g/mol. The molecule has 0 aliphatic rings. The summed E-state index contributed by atoms with van der Waals surface area (Å²) in [5, 5.41) is 3.66. The van der Waals surface area contributed by atoms with Crippen molar-refractivity contribution in [1.29, 1.82) is 0 Å². The minimum Gasteiger partial charge on any atom is -0.338 e. The van der Waals surface area contributed by atoms with Gasteiger partial charge in [0.1, 0.15) is 5.82 Å².